The molecule has 29 heavy (non-hydrogen) atoms. The average Bonchev–Trinajstić information content (AvgIpc) is 3.14. The van der Waals surface area contributed by atoms with Gasteiger partial charge < -0.3 is 19.8 Å². The highest BCUT2D eigenvalue weighted by molar-refractivity contribution is 6.05. The normalized spacial score (nSPS) is 14.6. The van der Waals surface area contributed by atoms with Gasteiger partial charge in [-0.1, -0.05) is 12.7 Å². The second-order valence-corrected chi connectivity index (χ2v) is 6.88. The third-order valence-electron chi connectivity index (χ3n) is 4.75. The van der Waals surface area contributed by atoms with Gasteiger partial charge in [-0.15, -0.1) is 0 Å². The first kappa shape index (κ1) is 19.2. The van der Waals surface area contributed by atoms with Crippen LogP contribution in [0.1, 0.15) is 16.2 Å². The molecule has 0 unspecified atom stereocenters. The van der Waals surface area contributed by atoms with Crippen molar-refractivity contribution in [3.05, 3.63) is 66.5 Å². The monoisotopic (exact) mass is 392 g/mol. The zero-order valence-corrected chi connectivity index (χ0v) is 16.2. The molecule has 1 fully saturated rings. The number of hydrogen-bond donors (Lipinski definition) is 2. The largest absolute Gasteiger partial charge is 0.490 e. The van der Waals surface area contributed by atoms with Crippen LogP contribution < -0.4 is 10.1 Å². The number of carbonyl (C=O) groups is 1. The van der Waals surface area contributed by atoms with E-state index in [4.69, 9.17) is 9.47 Å². The molecule has 3 aromatic rings. The summed E-state index contributed by atoms with van der Waals surface area (Å²) in [5, 5.41) is 2.93. The number of nitrogens with zero attached hydrogens (tertiary/aromatic N) is 2. The topological polar surface area (TPSA) is 79.5 Å². The van der Waals surface area contributed by atoms with Gasteiger partial charge in [0.1, 0.15) is 18.2 Å². The highest BCUT2D eigenvalue weighted by Crippen LogP contribution is 2.20. The van der Waals surface area contributed by atoms with Crippen molar-refractivity contribution < 1.29 is 14.3 Å². The number of benzene rings is 2. The van der Waals surface area contributed by atoms with Gasteiger partial charge in [0, 0.05) is 24.3 Å². The Hall–Kier alpha value is -3.16. The van der Waals surface area contributed by atoms with Crippen LogP contribution in [0.2, 0.25) is 0 Å². The van der Waals surface area contributed by atoms with Crippen LogP contribution >= 0.6 is 0 Å². The summed E-state index contributed by atoms with van der Waals surface area (Å²) in [5.74, 6) is 1.45. The van der Waals surface area contributed by atoms with Gasteiger partial charge in [0.25, 0.3) is 5.91 Å². The Bertz CT molecular complexity index is 991. The number of aromatic amines is 1. The van der Waals surface area contributed by atoms with Crippen molar-refractivity contribution in [2.24, 2.45) is 0 Å². The smallest absolute Gasteiger partial charge is 0.255 e. The van der Waals surface area contributed by atoms with E-state index in [0.29, 0.717) is 17.9 Å². The number of imidazole rings is 1. The van der Waals surface area contributed by atoms with Crippen LogP contribution in [0, 0.1) is 0 Å². The van der Waals surface area contributed by atoms with Crippen molar-refractivity contribution in [2.45, 2.75) is 6.54 Å². The van der Waals surface area contributed by atoms with E-state index < -0.39 is 0 Å². The van der Waals surface area contributed by atoms with Gasteiger partial charge in [0.15, 0.2) is 0 Å². The molecule has 4 rings (SSSR count). The number of rotatable bonds is 7. The van der Waals surface area contributed by atoms with Gasteiger partial charge in [-0.25, -0.2) is 4.98 Å². The standard InChI is InChI=1S/C22H24N4O3/c1-2-11-29-18-6-3-16(4-7-18)22(27)23-17-5-8-19-20(14-17)25-21(24-19)15-26-9-12-28-13-10-26/h2-8,14H,1,9-13,15H2,(H,23,27)(H,24,25). The van der Waals surface area contributed by atoms with E-state index in [9.17, 15) is 4.79 Å². The summed E-state index contributed by atoms with van der Waals surface area (Å²) in [6.45, 7) is 8.16. The molecule has 0 saturated carbocycles. The number of amides is 1. The van der Waals surface area contributed by atoms with Gasteiger partial charge in [0.2, 0.25) is 0 Å². The van der Waals surface area contributed by atoms with E-state index in [-0.39, 0.29) is 5.91 Å². The second-order valence-electron chi connectivity index (χ2n) is 6.88. The lowest BCUT2D eigenvalue weighted by atomic mass is 10.2. The Morgan fingerprint density at radius 2 is 2.03 bits per heavy atom. The predicted molar refractivity (Wildman–Crippen MR) is 112 cm³/mol. The molecule has 0 atom stereocenters. The number of hydrogen-bond acceptors (Lipinski definition) is 5. The summed E-state index contributed by atoms with van der Waals surface area (Å²) in [6.07, 6.45) is 1.68. The number of ether oxygens (including phenoxy) is 2. The zero-order valence-electron chi connectivity index (χ0n) is 16.2. The molecule has 2 N–H and O–H groups in total. The van der Waals surface area contributed by atoms with Crippen LogP contribution in [-0.4, -0.2) is 53.7 Å². The quantitative estimate of drug-likeness (QED) is 0.604. The van der Waals surface area contributed by atoms with Crippen LogP contribution in [0.25, 0.3) is 11.0 Å². The lowest BCUT2D eigenvalue weighted by Gasteiger charge is -2.25. The fourth-order valence-electron chi connectivity index (χ4n) is 3.25. The summed E-state index contributed by atoms with van der Waals surface area (Å²) in [4.78, 5) is 22.8. The Morgan fingerprint density at radius 1 is 1.24 bits per heavy atom. The fourth-order valence-corrected chi connectivity index (χ4v) is 3.25. The third kappa shape index (κ3) is 4.82. The number of fused-ring (bicyclic) bond motifs is 1. The number of nitrogens with one attached hydrogen (secondary N) is 2. The number of H-pyrrole nitrogens is 1. The summed E-state index contributed by atoms with van der Waals surface area (Å²) in [5.41, 5.74) is 3.07. The highest BCUT2D eigenvalue weighted by Gasteiger charge is 2.13. The molecule has 0 bridgehead atoms. The van der Waals surface area contributed by atoms with Crippen LogP contribution in [0.15, 0.2) is 55.1 Å². The molecule has 2 heterocycles. The molecule has 1 aromatic heterocycles. The maximum atomic E-state index is 12.5. The average molecular weight is 392 g/mol. The van der Waals surface area contributed by atoms with Crippen molar-refractivity contribution in [3.8, 4) is 5.75 Å². The Morgan fingerprint density at radius 3 is 2.79 bits per heavy atom. The predicted octanol–water partition coefficient (Wildman–Crippen LogP) is 3.21. The van der Waals surface area contributed by atoms with E-state index in [1.54, 1.807) is 30.3 Å². The van der Waals surface area contributed by atoms with Crippen molar-refractivity contribution in [2.75, 3.05) is 38.2 Å². The minimum absolute atomic E-state index is 0.173. The lowest BCUT2D eigenvalue weighted by molar-refractivity contribution is 0.0332. The molecule has 1 aliphatic rings. The third-order valence-corrected chi connectivity index (χ3v) is 4.75. The first-order valence-electron chi connectivity index (χ1n) is 9.65. The number of morpholine rings is 1. The maximum absolute atomic E-state index is 12.5. The minimum atomic E-state index is -0.173. The molecule has 1 amide bonds. The minimum Gasteiger partial charge on any atom is -0.490 e. The molecular weight excluding hydrogens is 368 g/mol. The first-order chi connectivity index (χ1) is 14.2. The molecule has 0 spiro atoms. The number of aromatic nitrogens is 2. The summed E-state index contributed by atoms with van der Waals surface area (Å²) in [7, 11) is 0. The van der Waals surface area contributed by atoms with E-state index >= 15 is 0 Å². The molecule has 150 valence electrons. The van der Waals surface area contributed by atoms with E-state index in [2.05, 4.69) is 26.8 Å². The summed E-state index contributed by atoms with van der Waals surface area (Å²) in [6, 6.07) is 12.7. The maximum Gasteiger partial charge on any atom is 0.255 e. The van der Waals surface area contributed by atoms with E-state index in [0.717, 1.165) is 55.4 Å². The van der Waals surface area contributed by atoms with Crippen molar-refractivity contribution in [1.29, 1.82) is 0 Å². The first-order valence-corrected chi connectivity index (χ1v) is 9.65. The van der Waals surface area contributed by atoms with Crippen molar-refractivity contribution in [1.82, 2.24) is 14.9 Å². The van der Waals surface area contributed by atoms with Crippen LogP contribution in [0.3, 0.4) is 0 Å². The lowest BCUT2D eigenvalue weighted by Crippen LogP contribution is -2.35. The molecule has 1 saturated heterocycles. The molecule has 7 heteroatoms. The molecule has 0 radical (unpaired) electrons. The summed E-state index contributed by atoms with van der Waals surface area (Å²) >= 11 is 0. The Labute approximate surface area is 169 Å². The van der Waals surface area contributed by atoms with Crippen LogP contribution in [0.4, 0.5) is 5.69 Å². The highest BCUT2D eigenvalue weighted by atomic mass is 16.5. The Kier molecular flexibility index (Phi) is 5.88. The molecule has 1 aliphatic heterocycles. The Balaban J connectivity index is 1.42. The molecule has 7 nitrogen and oxygen atoms in total. The van der Waals surface area contributed by atoms with Gasteiger partial charge in [-0.05, 0) is 42.5 Å². The van der Waals surface area contributed by atoms with E-state index in [1.807, 2.05) is 18.2 Å². The molecular formula is C22H24N4O3. The van der Waals surface area contributed by atoms with Gasteiger partial charge in [-0.2, -0.15) is 0 Å². The second kappa shape index (κ2) is 8.89. The zero-order chi connectivity index (χ0) is 20.1. The van der Waals surface area contributed by atoms with Crippen molar-refractivity contribution in [3.63, 3.8) is 0 Å². The van der Waals surface area contributed by atoms with Gasteiger partial charge >= 0.3 is 0 Å². The van der Waals surface area contributed by atoms with E-state index in [1.165, 1.54) is 0 Å². The van der Waals surface area contributed by atoms with Crippen molar-refractivity contribution >= 4 is 22.6 Å². The fraction of sp³-hybridized carbons (Fsp3) is 0.273. The van der Waals surface area contributed by atoms with Gasteiger partial charge in [-0.3, -0.25) is 9.69 Å². The number of anilines is 1. The van der Waals surface area contributed by atoms with Crippen LogP contribution in [0.5, 0.6) is 5.75 Å². The van der Waals surface area contributed by atoms with Crippen LogP contribution in [-0.2, 0) is 11.3 Å². The number of carbonyl (C=O) groups excluding carboxylic acids is 1. The molecule has 2 aromatic carbocycles. The summed E-state index contributed by atoms with van der Waals surface area (Å²) < 4.78 is 10.8. The SMILES string of the molecule is C=CCOc1ccc(C(=O)Nc2ccc3nc(CN4CCOCC4)[nH]c3c2)cc1. The van der Waals surface area contributed by atoms with Gasteiger partial charge in [0.05, 0.1) is 30.8 Å². The molecule has 0 aliphatic carbocycles.